The van der Waals surface area contributed by atoms with Crippen LogP contribution in [0.1, 0.15) is 51.4 Å². The van der Waals surface area contributed by atoms with E-state index in [9.17, 15) is 14.4 Å². The van der Waals surface area contributed by atoms with Crippen molar-refractivity contribution in [2.45, 2.75) is 25.7 Å². The molecule has 0 fully saturated rings. The molecule has 1 aliphatic rings. The first-order valence-corrected chi connectivity index (χ1v) is 15.5. The maximum Gasteiger partial charge on any atom is 0.513 e. The van der Waals surface area contributed by atoms with E-state index in [0.717, 1.165) is 43.7 Å². The molecule has 0 aliphatic carbocycles. The lowest BCUT2D eigenvalue weighted by atomic mass is 9.95. The largest absolute Gasteiger partial charge is 0.513 e. The molecule has 0 bridgehead atoms. The zero-order valence-corrected chi connectivity index (χ0v) is 25.3. The Bertz CT molecular complexity index is 2080. The molecule has 2 aromatic heterocycles. The van der Waals surface area contributed by atoms with E-state index in [2.05, 4.69) is 9.97 Å². The van der Waals surface area contributed by atoms with Crippen molar-refractivity contribution in [2.24, 2.45) is 0 Å². The lowest BCUT2D eigenvalue weighted by molar-refractivity contribution is 0.0978. The van der Waals surface area contributed by atoms with Gasteiger partial charge in [-0.15, -0.1) is 11.6 Å². The number of nitrogens with zero attached hydrogens (tertiary/aromatic N) is 1. The molecule has 1 amide bonds. The standard InChI is InChI=1S/C36H30ClN3O5/c1-2-13-44-36(43)45-33-18-31-34(26-9-5-4-8-25(26)33)24(19-37)20-40(31)35(42)30-17-23-14-21(11-12-28(23)39-30)15-32(41)29-16-22-7-3-6-10-27(22)38-29/h3-12,14,16-18,24,38-39H,2,13,15,19-20H2,1H3. The first-order valence-electron chi connectivity index (χ1n) is 14.9. The predicted molar refractivity (Wildman–Crippen MR) is 176 cm³/mol. The Hall–Kier alpha value is -5.08. The molecule has 6 aromatic rings. The molecule has 1 unspecified atom stereocenters. The number of carbonyl (C=O) groups excluding carboxylic acids is 3. The van der Waals surface area contributed by atoms with Crippen LogP contribution in [0.3, 0.4) is 0 Å². The van der Waals surface area contributed by atoms with Crippen LogP contribution >= 0.6 is 11.6 Å². The number of nitrogens with one attached hydrogen (secondary N) is 2. The third-order valence-electron chi connectivity index (χ3n) is 8.29. The van der Waals surface area contributed by atoms with Crippen LogP contribution in [-0.2, 0) is 11.2 Å². The summed E-state index contributed by atoms with van der Waals surface area (Å²) in [4.78, 5) is 47.7. The van der Waals surface area contributed by atoms with E-state index in [1.54, 1.807) is 11.0 Å². The first kappa shape index (κ1) is 28.7. The molecule has 1 atom stereocenters. The molecular weight excluding hydrogens is 590 g/mol. The highest BCUT2D eigenvalue weighted by molar-refractivity contribution is 6.19. The molecular formula is C36H30ClN3O5. The molecule has 4 aromatic carbocycles. The number of fused-ring (bicyclic) bond motifs is 5. The number of carbonyl (C=O) groups is 3. The molecule has 9 heteroatoms. The van der Waals surface area contributed by atoms with Gasteiger partial charge in [0, 0.05) is 58.0 Å². The summed E-state index contributed by atoms with van der Waals surface area (Å²) in [5.74, 6) is 0.287. The minimum Gasteiger partial charge on any atom is -0.434 e. The van der Waals surface area contributed by atoms with Crippen molar-refractivity contribution in [3.63, 3.8) is 0 Å². The van der Waals surface area contributed by atoms with Crippen molar-refractivity contribution in [3.8, 4) is 5.75 Å². The number of H-pyrrole nitrogens is 2. The van der Waals surface area contributed by atoms with Gasteiger partial charge in [0.25, 0.3) is 5.91 Å². The number of ether oxygens (including phenoxy) is 2. The lowest BCUT2D eigenvalue weighted by Crippen LogP contribution is -2.30. The summed E-state index contributed by atoms with van der Waals surface area (Å²) in [6.45, 7) is 2.54. The fraction of sp³-hybridized carbons (Fsp3) is 0.194. The number of halogens is 1. The van der Waals surface area contributed by atoms with Crippen molar-refractivity contribution >= 4 is 67.7 Å². The number of alkyl halides is 1. The van der Waals surface area contributed by atoms with Gasteiger partial charge in [0.1, 0.15) is 11.4 Å². The van der Waals surface area contributed by atoms with Crippen molar-refractivity contribution in [2.75, 3.05) is 23.9 Å². The fourth-order valence-electron chi connectivity index (χ4n) is 6.18. The Kier molecular flexibility index (Phi) is 7.51. The van der Waals surface area contributed by atoms with Crippen molar-refractivity contribution in [3.05, 3.63) is 107 Å². The van der Waals surface area contributed by atoms with Crippen LogP contribution in [0.2, 0.25) is 0 Å². The zero-order chi connectivity index (χ0) is 31.1. The summed E-state index contributed by atoms with van der Waals surface area (Å²) < 4.78 is 10.8. The smallest absolute Gasteiger partial charge is 0.434 e. The van der Waals surface area contributed by atoms with Gasteiger partial charge in [0.15, 0.2) is 5.78 Å². The van der Waals surface area contributed by atoms with Crippen LogP contribution in [0.4, 0.5) is 10.5 Å². The van der Waals surface area contributed by atoms with Gasteiger partial charge >= 0.3 is 6.16 Å². The minimum atomic E-state index is -0.791. The average Bonchev–Trinajstić information content (AvgIpc) is 3.78. The van der Waals surface area contributed by atoms with Crippen LogP contribution in [-0.4, -0.2) is 46.8 Å². The third kappa shape index (κ3) is 5.31. The van der Waals surface area contributed by atoms with Gasteiger partial charge in [-0.05, 0) is 53.3 Å². The highest BCUT2D eigenvalue weighted by Crippen LogP contribution is 2.46. The second kappa shape index (κ2) is 11.8. The fourth-order valence-corrected chi connectivity index (χ4v) is 6.43. The number of hydrogen-bond donors (Lipinski definition) is 2. The van der Waals surface area contributed by atoms with E-state index in [-0.39, 0.29) is 30.6 Å². The van der Waals surface area contributed by atoms with Gasteiger partial charge in [0.05, 0.1) is 18.0 Å². The van der Waals surface area contributed by atoms with E-state index in [0.29, 0.717) is 41.7 Å². The topological polar surface area (TPSA) is 104 Å². The van der Waals surface area contributed by atoms with Gasteiger partial charge in [0.2, 0.25) is 0 Å². The van der Waals surface area contributed by atoms with E-state index in [4.69, 9.17) is 21.1 Å². The monoisotopic (exact) mass is 619 g/mol. The van der Waals surface area contributed by atoms with E-state index >= 15 is 0 Å². The van der Waals surface area contributed by atoms with Crippen molar-refractivity contribution in [1.29, 1.82) is 0 Å². The number of rotatable bonds is 8. The van der Waals surface area contributed by atoms with Gasteiger partial charge in [-0.3, -0.25) is 9.59 Å². The number of para-hydroxylation sites is 1. The van der Waals surface area contributed by atoms with Crippen molar-refractivity contribution in [1.82, 2.24) is 9.97 Å². The molecule has 1 aliphatic heterocycles. The second-order valence-electron chi connectivity index (χ2n) is 11.3. The van der Waals surface area contributed by atoms with Gasteiger partial charge in [-0.1, -0.05) is 55.5 Å². The number of hydrogen-bond acceptors (Lipinski definition) is 5. The summed E-state index contributed by atoms with van der Waals surface area (Å²) in [5.41, 5.74) is 5.12. The SMILES string of the molecule is CCCOC(=O)Oc1cc2c(c3ccccc13)C(CCl)CN2C(=O)c1cc2cc(CC(=O)c3cc4ccccc4[nH]3)ccc2[nH]1. The van der Waals surface area contributed by atoms with Crippen LogP contribution in [0.15, 0.2) is 84.9 Å². The van der Waals surface area contributed by atoms with Gasteiger partial charge in [-0.2, -0.15) is 0 Å². The third-order valence-corrected chi connectivity index (χ3v) is 8.66. The van der Waals surface area contributed by atoms with E-state index in [1.807, 2.05) is 85.8 Å². The summed E-state index contributed by atoms with van der Waals surface area (Å²) in [7, 11) is 0. The summed E-state index contributed by atoms with van der Waals surface area (Å²) in [6, 6.07) is 26.5. The van der Waals surface area contributed by atoms with Gasteiger partial charge in [-0.25, -0.2) is 4.79 Å². The summed E-state index contributed by atoms with van der Waals surface area (Å²) >= 11 is 6.44. The first-order chi connectivity index (χ1) is 21.9. The Balaban J connectivity index is 1.18. The maximum absolute atomic E-state index is 14.0. The molecule has 2 N–H and O–H groups in total. The number of ketones is 1. The second-order valence-corrected chi connectivity index (χ2v) is 11.6. The Labute approximate surface area is 263 Å². The summed E-state index contributed by atoms with van der Waals surface area (Å²) in [6.07, 6.45) is 0.109. The Morgan fingerprint density at radius 2 is 1.60 bits per heavy atom. The van der Waals surface area contributed by atoms with Crippen LogP contribution in [0.5, 0.6) is 5.75 Å². The van der Waals surface area contributed by atoms with Crippen LogP contribution in [0, 0.1) is 0 Å². The van der Waals surface area contributed by atoms with Crippen molar-refractivity contribution < 1.29 is 23.9 Å². The van der Waals surface area contributed by atoms with Crippen LogP contribution < -0.4 is 9.64 Å². The maximum atomic E-state index is 14.0. The van der Waals surface area contributed by atoms with E-state index in [1.165, 1.54) is 0 Å². The highest BCUT2D eigenvalue weighted by Gasteiger charge is 2.36. The number of amides is 1. The normalized spacial score (nSPS) is 14.3. The molecule has 0 saturated heterocycles. The highest BCUT2D eigenvalue weighted by atomic mass is 35.5. The number of anilines is 1. The molecule has 8 nitrogen and oxygen atoms in total. The molecule has 3 heterocycles. The number of aromatic amines is 2. The minimum absolute atomic E-state index is 0.0120. The lowest BCUT2D eigenvalue weighted by Gasteiger charge is -2.18. The Morgan fingerprint density at radius 3 is 2.40 bits per heavy atom. The molecule has 0 radical (unpaired) electrons. The van der Waals surface area contributed by atoms with Gasteiger partial charge < -0.3 is 24.3 Å². The predicted octanol–water partition coefficient (Wildman–Crippen LogP) is 8.14. The van der Waals surface area contributed by atoms with Crippen LogP contribution in [0.25, 0.3) is 32.6 Å². The average molecular weight is 620 g/mol. The summed E-state index contributed by atoms with van der Waals surface area (Å²) in [5, 5.41) is 3.44. The Morgan fingerprint density at radius 1 is 0.867 bits per heavy atom. The molecule has 45 heavy (non-hydrogen) atoms. The molecule has 7 rings (SSSR count). The van der Waals surface area contributed by atoms with E-state index < -0.39 is 6.16 Å². The molecule has 0 spiro atoms. The number of Topliss-reactive ketones (excluding diaryl/α,β-unsaturated/α-hetero) is 1. The molecule has 0 saturated carbocycles. The quantitative estimate of drug-likeness (QED) is 0.0774. The number of benzene rings is 4. The number of aromatic nitrogens is 2. The zero-order valence-electron chi connectivity index (χ0n) is 24.6. The molecule has 226 valence electrons.